The Morgan fingerprint density at radius 1 is 0.926 bits per heavy atom. The van der Waals surface area contributed by atoms with E-state index in [9.17, 15) is 9.59 Å². The molecule has 140 valence electrons. The summed E-state index contributed by atoms with van der Waals surface area (Å²) in [4.78, 5) is 29.2. The standard InChI is InChI=1S/C21H22ClN3O2/c1-13(2)25-20(26)18(14-5-7-15(22)8-6-14)19(21(25)27)23-16-9-11-17(12-10-16)24(3)4/h5-13,23H,1-4H3. The van der Waals surface area contributed by atoms with Crippen molar-refractivity contribution in [3.63, 3.8) is 0 Å². The van der Waals surface area contributed by atoms with E-state index in [0.29, 0.717) is 16.2 Å². The van der Waals surface area contributed by atoms with Crippen molar-refractivity contribution in [2.24, 2.45) is 0 Å². The zero-order valence-electron chi connectivity index (χ0n) is 15.8. The van der Waals surface area contributed by atoms with Gasteiger partial charge in [0.25, 0.3) is 11.8 Å². The number of anilines is 2. The van der Waals surface area contributed by atoms with E-state index < -0.39 is 0 Å². The molecule has 1 aliphatic heterocycles. The Morgan fingerprint density at radius 3 is 2.04 bits per heavy atom. The topological polar surface area (TPSA) is 52.7 Å². The van der Waals surface area contributed by atoms with E-state index in [1.165, 1.54) is 4.90 Å². The van der Waals surface area contributed by atoms with Crippen LogP contribution < -0.4 is 10.2 Å². The first kappa shape index (κ1) is 19.0. The lowest BCUT2D eigenvalue weighted by Crippen LogP contribution is -2.38. The number of carbonyl (C=O) groups is 2. The molecule has 0 atom stereocenters. The molecule has 0 radical (unpaired) electrons. The summed E-state index contributed by atoms with van der Waals surface area (Å²) in [5.74, 6) is -0.624. The molecule has 0 saturated heterocycles. The summed E-state index contributed by atoms with van der Waals surface area (Å²) < 4.78 is 0. The summed E-state index contributed by atoms with van der Waals surface area (Å²) >= 11 is 5.97. The summed E-state index contributed by atoms with van der Waals surface area (Å²) in [5, 5.41) is 3.73. The third-order valence-electron chi connectivity index (χ3n) is 4.42. The van der Waals surface area contributed by atoms with Crippen molar-refractivity contribution in [2.45, 2.75) is 19.9 Å². The number of nitrogens with zero attached hydrogens (tertiary/aromatic N) is 2. The fraction of sp³-hybridized carbons (Fsp3) is 0.238. The van der Waals surface area contributed by atoms with E-state index >= 15 is 0 Å². The normalized spacial score (nSPS) is 14.4. The zero-order chi connectivity index (χ0) is 19.7. The minimum Gasteiger partial charge on any atom is -0.378 e. The second-order valence-corrected chi connectivity index (χ2v) is 7.33. The molecule has 0 aromatic heterocycles. The number of imide groups is 1. The second kappa shape index (κ2) is 7.45. The number of amides is 2. The monoisotopic (exact) mass is 383 g/mol. The van der Waals surface area contributed by atoms with Crippen LogP contribution in [-0.4, -0.2) is 36.9 Å². The van der Waals surface area contributed by atoms with Gasteiger partial charge in [0.05, 0.1) is 5.57 Å². The van der Waals surface area contributed by atoms with Gasteiger partial charge in [-0.1, -0.05) is 23.7 Å². The van der Waals surface area contributed by atoms with Crippen molar-refractivity contribution in [3.05, 3.63) is 64.8 Å². The maximum Gasteiger partial charge on any atom is 0.278 e. The van der Waals surface area contributed by atoms with Gasteiger partial charge in [-0.05, 0) is 55.8 Å². The highest BCUT2D eigenvalue weighted by atomic mass is 35.5. The molecule has 0 fully saturated rings. The summed E-state index contributed by atoms with van der Waals surface area (Å²) in [6.45, 7) is 3.65. The molecule has 27 heavy (non-hydrogen) atoms. The number of carbonyl (C=O) groups excluding carboxylic acids is 2. The maximum absolute atomic E-state index is 13.0. The van der Waals surface area contributed by atoms with Crippen molar-refractivity contribution < 1.29 is 9.59 Å². The molecule has 0 unspecified atom stereocenters. The first-order chi connectivity index (χ1) is 12.8. The molecule has 1 aliphatic rings. The van der Waals surface area contributed by atoms with Gasteiger partial charge in [0.1, 0.15) is 5.70 Å². The summed E-state index contributed by atoms with van der Waals surface area (Å²) in [5.41, 5.74) is 3.10. The summed E-state index contributed by atoms with van der Waals surface area (Å²) in [6, 6.07) is 14.4. The van der Waals surface area contributed by atoms with Gasteiger partial charge >= 0.3 is 0 Å². The molecule has 2 aromatic rings. The highest BCUT2D eigenvalue weighted by Gasteiger charge is 2.40. The zero-order valence-corrected chi connectivity index (χ0v) is 16.5. The van der Waals surface area contributed by atoms with Crippen LogP contribution in [0.25, 0.3) is 5.57 Å². The van der Waals surface area contributed by atoms with Crippen LogP contribution in [-0.2, 0) is 9.59 Å². The van der Waals surface area contributed by atoms with Crippen LogP contribution in [0, 0.1) is 0 Å². The van der Waals surface area contributed by atoms with Gasteiger partial charge in [0.15, 0.2) is 0 Å². The Labute approximate surface area is 164 Å². The van der Waals surface area contributed by atoms with Crippen molar-refractivity contribution in [1.29, 1.82) is 0 Å². The third-order valence-corrected chi connectivity index (χ3v) is 4.67. The number of hydrogen-bond acceptors (Lipinski definition) is 4. The van der Waals surface area contributed by atoms with Crippen LogP contribution in [0.1, 0.15) is 19.4 Å². The van der Waals surface area contributed by atoms with Crippen molar-refractivity contribution in [2.75, 3.05) is 24.3 Å². The molecule has 3 rings (SSSR count). The number of halogens is 1. The predicted octanol–water partition coefficient (Wildman–Crippen LogP) is 4.01. The van der Waals surface area contributed by atoms with E-state index in [0.717, 1.165) is 11.4 Å². The average molecular weight is 384 g/mol. The van der Waals surface area contributed by atoms with E-state index in [2.05, 4.69) is 5.32 Å². The van der Waals surface area contributed by atoms with Crippen LogP contribution >= 0.6 is 11.6 Å². The summed E-state index contributed by atoms with van der Waals surface area (Å²) in [7, 11) is 3.92. The van der Waals surface area contributed by atoms with Gasteiger partial charge in [0.2, 0.25) is 0 Å². The number of rotatable bonds is 5. The summed E-state index contributed by atoms with van der Waals surface area (Å²) in [6.07, 6.45) is 0. The van der Waals surface area contributed by atoms with E-state index in [1.807, 2.05) is 57.1 Å². The Kier molecular flexibility index (Phi) is 5.24. The van der Waals surface area contributed by atoms with Gasteiger partial charge in [-0.2, -0.15) is 0 Å². The molecule has 2 aromatic carbocycles. The van der Waals surface area contributed by atoms with Crippen LogP contribution in [0.15, 0.2) is 54.2 Å². The Bertz CT molecular complexity index is 900. The largest absolute Gasteiger partial charge is 0.378 e. The van der Waals surface area contributed by atoms with Crippen molar-refractivity contribution >= 4 is 40.4 Å². The van der Waals surface area contributed by atoms with Crippen LogP contribution in [0.4, 0.5) is 11.4 Å². The van der Waals surface area contributed by atoms with Gasteiger partial charge in [-0.15, -0.1) is 0 Å². The number of nitrogens with one attached hydrogen (secondary N) is 1. The molecule has 5 nitrogen and oxygen atoms in total. The molecule has 0 spiro atoms. The minimum atomic E-state index is -0.323. The highest BCUT2D eigenvalue weighted by molar-refractivity contribution is 6.37. The SMILES string of the molecule is CC(C)N1C(=O)C(Nc2ccc(N(C)C)cc2)=C(c2ccc(Cl)cc2)C1=O. The molecule has 2 amide bonds. The van der Waals surface area contributed by atoms with Crippen LogP contribution in [0.5, 0.6) is 0 Å². The molecular formula is C21H22ClN3O2. The fourth-order valence-corrected chi connectivity index (χ4v) is 3.13. The predicted molar refractivity (Wildman–Crippen MR) is 110 cm³/mol. The van der Waals surface area contributed by atoms with Crippen molar-refractivity contribution in [1.82, 2.24) is 4.90 Å². The maximum atomic E-state index is 13.0. The van der Waals surface area contributed by atoms with Gasteiger partial charge in [-0.25, -0.2) is 0 Å². The van der Waals surface area contributed by atoms with Crippen LogP contribution in [0.2, 0.25) is 5.02 Å². The molecule has 6 heteroatoms. The Hall–Kier alpha value is -2.79. The Balaban J connectivity index is 2.04. The molecule has 1 heterocycles. The molecule has 0 aliphatic carbocycles. The van der Waals surface area contributed by atoms with E-state index in [1.54, 1.807) is 24.3 Å². The van der Waals surface area contributed by atoms with E-state index in [-0.39, 0.29) is 23.6 Å². The van der Waals surface area contributed by atoms with E-state index in [4.69, 9.17) is 11.6 Å². The highest BCUT2D eigenvalue weighted by Crippen LogP contribution is 2.32. The van der Waals surface area contributed by atoms with Crippen LogP contribution in [0.3, 0.4) is 0 Å². The molecule has 0 bridgehead atoms. The average Bonchev–Trinajstić information content (AvgIpc) is 2.86. The third kappa shape index (κ3) is 3.69. The lowest BCUT2D eigenvalue weighted by molar-refractivity contribution is -0.138. The second-order valence-electron chi connectivity index (χ2n) is 6.90. The lowest BCUT2D eigenvalue weighted by Gasteiger charge is -2.19. The molecule has 1 N–H and O–H groups in total. The first-order valence-corrected chi connectivity index (χ1v) is 9.10. The molecular weight excluding hydrogens is 362 g/mol. The van der Waals surface area contributed by atoms with Gasteiger partial charge in [0, 0.05) is 36.5 Å². The fourth-order valence-electron chi connectivity index (χ4n) is 3.00. The quantitative estimate of drug-likeness (QED) is 0.793. The molecule has 0 saturated carbocycles. The van der Waals surface area contributed by atoms with Gasteiger partial charge < -0.3 is 10.2 Å². The van der Waals surface area contributed by atoms with Gasteiger partial charge in [-0.3, -0.25) is 14.5 Å². The first-order valence-electron chi connectivity index (χ1n) is 8.72. The number of benzene rings is 2. The minimum absolute atomic E-state index is 0.234. The Morgan fingerprint density at radius 2 is 1.52 bits per heavy atom. The number of hydrogen-bond donors (Lipinski definition) is 1. The van der Waals surface area contributed by atoms with Crippen molar-refractivity contribution in [3.8, 4) is 0 Å². The smallest absolute Gasteiger partial charge is 0.278 e. The lowest BCUT2D eigenvalue weighted by atomic mass is 10.0.